The predicted octanol–water partition coefficient (Wildman–Crippen LogP) is 4.65. The van der Waals surface area contributed by atoms with Gasteiger partial charge in [-0.15, -0.1) is 0 Å². The third-order valence-electron chi connectivity index (χ3n) is 5.20. The van der Waals surface area contributed by atoms with Crippen LogP contribution in [0.25, 0.3) is 33.5 Å². The highest BCUT2D eigenvalue weighted by atomic mass is 32.2. The highest BCUT2D eigenvalue weighted by Crippen LogP contribution is 2.35. The molecule has 4 rings (SSSR count). The maximum absolute atomic E-state index is 11.8. The first-order chi connectivity index (χ1) is 13.8. The van der Waals surface area contributed by atoms with Crippen molar-refractivity contribution in [3.63, 3.8) is 0 Å². The van der Waals surface area contributed by atoms with E-state index in [1.807, 2.05) is 12.1 Å². The van der Waals surface area contributed by atoms with Gasteiger partial charge in [-0.1, -0.05) is 48.0 Å². The molecule has 0 fully saturated rings. The number of imidazole rings is 1. The summed E-state index contributed by atoms with van der Waals surface area (Å²) < 4.78 is 25.6. The fourth-order valence-corrected chi connectivity index (χ4v) is 4.37. The SMILES string of the molecule is CCn1c(-c2ccccc2-c2ccc(C)cc2C)nc2cc(S(N)(=O)=O)ccc21. The third kappa shape index (κ3) is 3.45. The van der Waals surface area contributed by atoms with Crippen LogP contribution >= 0.6 is 0 Å². The van der Waals surface area contributed by atoms with Crippen LogP contribution in [0.15, 0.2) is 65.6 Å². The lowest BCUT2D eigenvalue weighted by Gasteiger charge is -2.14. The normalized spacial score (nSPS) is 11.9. The van der Waals surface area contributed by atoms with Gasteiger partial charge < -0.3 is 4.57 Å². The maximum atomic E-state index is 11.8. The second-order valence-electron chi connectivity index (χ2n) is 7.24. The molecule has 4 aromatic rings. The van der Waals surface area contributed by atoms with E-state index in [4.69, 9.17) is 10.1 Å². The summed E-state index contributed by atoms with van der Waals surface area (Å²) in [4.78, 5) is 4.87. The van der Waals surface area contributed by atoms with E-state index < -0.39 is 10.0 Å². The summed E-state index contributed by atoms with van der Waals surface area (Å²) in [6, 6.07) is 19.5. The molecule has 6 heteroatoms. The van der Waals surface area contributed by atoms with Gasteiger partial charge in [0, 0.05) is 12.1 Å². The molecular weight excluding hydrogens is 382 g/mol. The maximum Gasteiger partial charge on any atom is 0.238 e. The molecule has 0 saturated heterocycles. The Bertz CT molecular complexity index is 1340. The van der Waals surface area contributed by atoms with Crippen molar-refractivity contribution < 1.29 is 8.42 Å². The summed E-state index contributed by atoms with van der Waals surface area (Å²) >= 11 is 0. The van der Waals surface area contributed by atoms with E-state index in [2.05, 4.69) is 55.7 Å². The first-order valence-corrected chi connectivity index (χ1v) is 11.0. The summed E-state index contributed by atoms with van der Waals surface area (Å²) in [6.45, 7) is 6.96. The summed E-state index contributed by atoms with van der Waals surface area (Å²) in [5, 5.41) is 5.30. The van der Waals surface area contributed by atoms with Gasteiger partial charge in [0.2, 0.25) is 10.0 Å². The zero-order chi connectivity index (χ0) is 20.8. The summed E-state index contributed by atoms with van der Waals surface area (Å²) in [6.07, 6.45) is 0. The fourth-order valence-electron chi connectivity index (χ4n) is 3.84. The van der Waals surface area contributed by atoms with Crippen LogP contribution in [0, 0.1) is 13.8 Å². The van der Waals surface area contributed by atoms with Crippen LogP contribution in [0.5, 0.6) is 0 Å². The van der Waals surface area contributed by atoms with Crippen LogP contribution in [-0.4, -0.2) is 18.0 Å². The zero-order valence-corrected chi connectivity index (χ0v) is 17.5. The molecule has 5 nitrogen and oxygen atoms in total. The van der Waals surface area contributed by atoms with Crippen molar-refractivity contribution in [2.24, 2.45) is 5.14 Å². The third-order valence-corrected chi connectivity index (χ3v) is 6.12. The lowest BCUT2D eigenvalue weighted by Crippen LogP contribution is -2.11. The molecule has 0 bridgehead atoms. The average Bonchev–Trinajstić information content (AvgIpc) is 3.05. The number of fused-ring (bicyclic) bond motifs is 1. The van der Waals surface area contributed by atoms with Gasteiger partial charge in [-0.2, -0.15) is 0 Å². The Morgan fingerprint density at radius 2 is 1.66 bits per heavy atom. The number of nitrogens with zero attached hydrogens (tertiary/aromatic N) is 2. The molecule has 0 aliphatic rings. The lowest BCUT2D eigenvalue weighted by atomic mass is 9.94. The molecule has 29 heavy (non-hydrogen) atoms. The highest BCUT2D eigenvalue weighted by molar-refractivity contribution is 7.89. The summed E-state index contributed by atoms with van der Waals surface area (Å²) in [7, 11) is -3.78. The van der Waals surface area contributed by atoms with Crippen LogP contribution in [0.2, 0.25) is 0 Å². The van der Waals surface area contributed by atoms with Crippen molar-refractivity contribution in [1.29, 1.82) is 0 Å². The Morgan fingerprint density at radius 3 is 2.31 bits per heavy atom. The van der Waals surface area contributed by atoms with Crippen molar-refractivity contribution in [2.75, 3.05) is 0 Å². The molecule has 0 aliphatic carbocycles. The van der Waals surface area contributed by atoms with Gasteiger partial charge in [0.1, 0.15) is 5.82 Å². The van der Waals surface area contributed by atoms with E-state index in [1.54, 1.807) is 12.1 Å². The average molecular weight is 406 g/mol. The summed E-state index contributed by atoms with van der Waals surface area (Å²) in [5.41, 5.74) is 7.18. The van der Waals surface area contributed by atoms with E-state index in [1.165, 1.54) is 17.2 Å². The smallest absolute Gasteiger partial charge is 0.238 e. The largest absolute Gasteiger partial charge is 0.324 e. The van der Waals surface area contributed by atoms with E-state index in [0.29, 0.717) is 12.1 Å². The summed E-state index contributed by atoms with van der Waals surface area (Å²) in [5.74, 6) is 0.810. The van der Waals surface area contributed by atoms with Crippen molar-refractivity contribution in [2.45, 2.75) is 32.2 Å². The first kappa shape index (κ1) is 19.4. The Labute approximate surface area is 170 Å². The molecule has 1 aromatic heterocycles. The van der Waals surface area contributed by atoms with Gasteiger partial charge in [0.15, 0.2) is 0 Å². The molecule has 3 aromatic carbocycles. The monoisotopic (exact) mass is 405 g/mol. The number of sulfonamides is 1. The Balaban J connectivity index is 1.98. The molecule has 1 heterocycles. The van der Waals surface area contributed by atoms with Gasteiger partial charge in [0.05, 0.1) is 15.9 Å². The molecule has 2 N–H and O–H groups in total. The van der Waals surface area contributed by atoms with Crippen LogP contribution in [0.1, 0.15) is 18.1 Å². The second kappa shape index (κ2) is 7.13. The van der Waals surface area contributed by atoms with Crippen LogP contribution < -0.4 is 5.14 Å². The lowest BCUT2D eigenvalue weighted by molar-refractivity contribution is 0.598. The molecule has 0 aliphatic heterocycles. The highest BCUT2D eigenvalue weighted by Gasteiger charge is 2.18. The van der Waals surface area contributed by atoms with Gasteiger partial charge in [-0.05, 0) is 55.7 Å². The first-order valence-electron chi connectivity index (χ1n) is 9.49. The number of nitrogens with two attached hydrogens (primary N) is 1. The quantitative estimate of drug-likeness (QED) is 0.537. The van der Waals surface area contributed by atoms with Crippen LogP contribution in [-0.2, 0) is 16.6 Å². The van der Waals surface area contributed by atoms with E-state index >= 15 is 0 Å². The zero-order valence-electron chi connectivity index (χ0n) is 16.7. The van der Waals surface area contributed by atoms with Gasteiger partial charge in [0.25, 0.3) is 0 Å². The Kier molecular flexibility index (Phi) is 4.76. The minimum Gasteiger partial charge on any atom is -0.324 e. The molecule has 0 radical (unpaired) electrons. The number of hydrogen-bond acceptors (Lipinski definition) is 3. The molecule has 0 amide bonds. The molecule has 0 atom stereocenters. The number of hydrogen-bond donors (Lipinski definition) is 1. The number of primary sulfonamides is 1. The number of aryl methyl sites for hydroxylation is 3. The van der Waals surface area contributed by atoms with Crippen LogP contribution in [0.4, 0.5) is 0 Å². The number of aromatic nitrogens is 2. The fraction of sp³-hybridized carbons (Fsp3) is 0.174. The van der Waals surface area contributed by atoms with Crippen molar-refractivity contribution >= 4 is 21.1 Å². The van der Waals surface area contributed by atoms with E-state index in [-0.39, 0.29) is 4.90 Å². The minimum absolute atomic E-state index is 0.0694. The topological polar surface area (TPSA) is 78.0 Å². The molecular formula is C23H23N3O2S. The van der Waals surface area contributed by atoms with Crippen molar-refractivity contribution in [1.82, 2.24) is 9.55 Å². The Hall–Kier alpha value is -2.96. The Morgan fingerprint density at radius 1 is 0.931 bits per heavy atom. The molecule has 0 spiro atoms. The van der Waals surface area contributed by atoms with Crippen molar-refractivity contribution in [3.05, 3.63) is 71.8 Å². The second-order valence-corrected chi connectivity index (χ2v) is 8.80. The predicted molar refractivity (Wildman–Crippen MR) is 117 cm³/mol. The minimum atomic E-state index is -3.78. The van der Waals surface area contributed by atoms with Gasteiger partial charge in [-0.3, -0.25) is 0 Å². The van der Waals surface area contributed by atoms with Crippen molar-refractivity contribution in [3.8, 4) is 22.5 Å². The van der Waals surface area contributed by atoms with E-state index in [0.717, 1.165) is 28.0 Å². The molecule has 0 unspecified atom stereocenters. The van der Waals surface area contributed by atoms with Gasteiger partial charge in [-0.25, -0.2) is 18.5 Å². The van der Waals surface area contributed by atoms with Gasteiger partial charge >= 0.3 is 0 Å². The number of benzene rings is 3. The number of rotatable bonds is 4. The molecule has 148 valence electrons. The van der Waals surface area contributed by atoms with E-state index in [9.17, 15) is 8.42 Å². The van der Waals surface area contributed by atoms with Crippen LogP contribution in [0.3, 0.4) is 0 Å². The standard InChI is InChI=1S/C23H23N3O2S/c1-4-26-22-12-10-17(29(24,27)28)14-21(22)25-23(26)20-8-6-5-7-19(20)18-11-9-15(2)13-16(18)3/h5-14H,4H2,1-3H3,(H2,24,27,28). The molecule has 0 saturated carbocycles.